The Balaban J connectivity index is 2.40. The van der Waals surface area contributed by atoms with Crippen LogP contribution in [0.15, 0.2) is 18.2 Å². The third-order valence-electron chi connectivity index (χ3n) is 2.32. The number of halogens is 1. The van der Waals surface area contributed by atoms with E-state index in [1.807, 2.05) is 6.07 Å². The molecule has 0 saturated heterocycles. The summed E-state index contributed by atoms with van der Waals surface area (Å²) in [6.45, 7) is 1.77. The van der Waals surface area contributed by atoms with Gasteiger partial charge < -0.3 is 5.32 Å². The minimum Gasteiger partial charge on any atom is -0.344 e. The van der Waals surface area contributed by atoms with E-state index in [-0.39, 0.29) is 0 Å². The Bertz CT molecular complexity index is 678. The molecule has 0 amide bonds. The number of nitrogens with one attached hydrogen (secondary N) is 1. The number of benzene rings is 1. The molecule has 0 spiro atoms. The summed E-state index contributed by atoms with van der Waals surface area (Å²) >= 11 is 7.23. The van der Waals surface area contributed by atoms with Crippen molar-refractivity contribution in [2.45, 2.75) is 6.92 Å². The zero-order valence-electron chi connectivity index (χ0n) is 9.36. The lowest BCUT2D eigenvalue weighted by atomic mass is 10.2. The fraction of sp³-hybridized carbons (Fsp3) is 0.0833. The van der Waals surface area contributed by atoms with Gasteiger partial charge in [-0.15, -0.1) is 0 Å². The number of nitrogens with zero attached hydrogens (tertiary/aromatic N) is 3. The van der Waals surface area contributed by atoms with Crippen molar-refractivity contribution in [3.63, 3.8) is 0 Å². The number of anilines is 2. The monoisotopic (exact) mass is 274 g/mol. The van der Waals surface area contributed by atoms with E-state index in [0.717, 1.165) is 0 Å². The predicted octanol–water partition coefficient (Wildman–Crippen LogP) is 3.59. The molecule has 4 nitrogen and oxygen atoms in total. The van der Waals surface area contributed by atoms with E-state index in [0.29, 0.717) is 32.5 Å². The van der Waals surface area contributed by atoms with Crippen molar-refractivity contribution in [1.29, 1.82) is 10.5 Å². The Morgan fingerprint density at radius 1 is 1.33 bits per heavy atom. The van der Waals surface area contributed by atoms with Gasteiger partial charge in [0.1, 0.15) is 16.6 Å². The van der Waals surface area contributed by atoms with E-state index in [9.17, 15) is 0 Å². The van der Waals surface area contributed by atoms with Crippen LogP contribution in [0.4, 0.5) is 10.7 Å². The molecule has 1 heterocycles. The van der Waals surface area contributed by atoms with Crippen molar-refractivity contribution in [1.82, 2.24) is 4.37 Å². The van der Waals surface area contributed by atoms with Gasteiger partial charge in [0.15, 0.2) is 0 Å². The van der Waals surface area contributed by atoms with Gasteiger partial charge in [-0.25, -0.2) is 0 Å². The molecular formula is C12H7ClN4S. The van der Waals surface area contributed by atoms with Crippen molar-refractivity contribution in [3.8, 4) is 12.1 Å². The molecule has 6 heteroatoms. The summed E-state index contributed by atoms with van der Waals surface area (Å²) in [5.74, 6) is 0. The van der Waals surface area contributed by atoms with Crippen LogP contribution in [-0.4, -0.2) is 4.37 Å². The first kappa shape index (κ1) is 12.4. The zero-order valence-corrected chi connectivity index (χ0v) is 10.9. The second kappa shape index (κ2) is 5.05. The molecule has 0 unspecified atom stereocenters. The normalized spacial score (nSPS) is 9.56. The summed E-state index contributed by atoms with van der Waals surface area (Å²) in [5.41, 5.74) is 2.27. The van der Waals surface area contributed by atoms with Crippen molar-refractivity contribution >= 4 is 33.8 Å². The third-order valence-corrected chi connectivity index (χ3v) is 3.50. The molecule has 1 aromatic carbocycles. The molecule has 88 valence electrons. The van der Waals surface area contributed by atoms with Gasteiger partial charge in [0.25, 0.3) is 0 Å². The third kappa shape index (κ3) is 2.28. The van der Waals surface area contributed by atoms with Crippen molar-refractivity contribution in [3.05, 3.63) is 40.0 Å². The molecular weight excluding hydrogens is 268 g/mol. The molecule has 0 bridgehead atoms. The molecule has 2 aromatic rings. The van der Waals surface area contributed by atoms with E-state index < -0.39 is 0 Å². The summed E-state index contributed by atoms with van der Waals surface area (Å²) in [6, 6.07) is 9.04. The highest BCUT2D eigenvalue weighted by Crippen LogP contribution is 2.31. The SMILES string of the molecule is Cc1nsc(Nc2cc(C#N)ccc2Cl)c1C#N. The van der Waals surface area contributed by atoms with Crippen molar-refractivity contribution in [2.24, 2.45) is 0 Å². The number of rotatable bonds is 2. The maximum atomic E-state index is 9.03. The van der Waals surface area contributed by atoms with Gasteiger partial charge in [-0.2, -0.15) is 14.9 Å². The highest BCUT2D eigenvalue weighted by molar-refractivity contribution is 7.10. The topological polar surface area (TPSA) is 72.5 Å². The summed E-state index contributed by atoms with van der Waals surface area (Å²) in [7, 11) is 0. The largest absolute Gasteiger partial charge is 0.344 e. The van der Waals surface area contributed by atoms with E-state index in [4.69, 9.17) is 22.1 Å². The average Bonchev–Trinajstić information content (AvgIpc) is 2.72. The van der Waals surface area contributed by atoms with E-state index in [1.54, 1.807) is 25.1 Å². The quantitative estimate of drug-likeness (QED) is 0.908. The van der Waals surface area contributed by atoms with E-state index in [1.165, 1.54) is 11.5 Å². The molecule has 0 aliphatic carbocycles. The van der Waals surface area contributed by atoms with Crippen LogP contribution in [-0.2, 0) is 0 Å². The lowest BCUT2D eigenvalue weighted by molar-refractivity contribution is 1.31. The van der Waals surface area contributed by atoms with Crippen LogP contribution in [0, 0.1) is 29.6 Å². The molecule has 0 saturated carbocycles. The Labute approximate surface area is 113 Å². The number of nitriles is 2. The number of hydrogen-bond acceptors (Lipinski definition) is 5. The van der Waals surface area contributed by atoms with Gasteiger partial charge >= 0.3 is 0 Å². The molecule has 1 N–H and O–H groups in total. The van der Waals surface area contributed by atoms with Gasteiger partial charge in [0, 0.05) is 0 Å². The van der Waals surface area contributed by atoms with Crippen molar-refractivity contribution < 1.29 is 0 Å². The van der Waals surface area contributed by atoms with Gasteiger partial charge in [-0.1, -0.05) is 11.6 Å². The second-order valence-corrected chi connectivity index (χ2v) is 4.70. The average molecular weight is 275 g/mol. The van der Waals surface area contributed by atoms with Crippen LogP contribution in [0.2, 0.25) is 5.02 Å². The van der Waals surface area contributed by atoms with Gasteiger partial charge in [0.2, 0.25) is 0 Å². The van der Waals surface area contributed by atoms with Gasteiger partial charge in [-0.3, -0.25) is 0 Å². The van der Waals surface area contributed by atoms with Crippen LogP contribution in [0.25, 0.3) is 0 Å². The number of aromatic nitrogens is 1. The maximum absolute atomic E-state index is 9.03. The molecule has 2 rings (SSSR count). The highest BCUT2D eigenvalue weighted by atomic mass is 35.5. The molecule has 18 heavy (non-hydrogen) atoms. The van der Waals surface area contributed by atoms with Gasteiger partial charge in [0.05, 0.1) is 28.0 Å². The number of aryl methyl sites for hydroxylation is 1. The first-order valence-electron chi connectivity index (χ1n) is 4.98. The minimum absolute atomic E-state index is 0.490. The zero-order chi connectivity index (χ0) is 13.1. The van der Waals surface area contributed by atoms with Crippen molar-refractivity contribution in [2.75, 3.05) is 5.32 Å². The Morgan fingerprint density at radius 3 is 2.78 bits per heavy atom. The summed E-state index contributed by atoms with van der Waals surface area (Å²) in [6.07, 6.45) is 0. The molecule has 0 atom stereocenters. The summed E-state index contributed by atoms with van der Waals surface area (Å²) < 4.78 is 4.10. The Hall–Kier alpha value is -2.08. The standard InChI is InChI=1S/C12H7ClN4S/c1-7-9(6-15)12(18-17-7)16-11-4-8(5-14)2-3-10(11)13/h2-4,16H,1H3. The first-order valence-corrected chi connectivity index (χ1v) is 6.14. The number of hydrogen-bond donors (Lipinski definition) is 1. The van der Waals surface area contributed by atoms with Crippen LogP contribution in [0.5, 0.6) is 0 Å². The fourth-order valence-corrected chi connectivity index (χ4v) is 2.32. The van der Waals surface area contributed by atoms with Crippen LogP contribution in [0.1, 0.15) is 16.8 Å². The Kier molecular flexibility index (Phi) is 3.47. The fourth-order valence-electron chi connectivity index (χ4n) is 1.40. The van der Waals surface area contributed by atoms with E-state index >= 15 is 0 Å². The lowest BCUT2D eigenvalue weighted by Crippen LogP contribution is -1.92. The first-order chi connectivity index (χ1) is 8.65. The molecule has 0 radical (unpaired) electrons. The highest BCUT2D eigenvalue weighted by Gasteiger charge is 2.11. The van der Waals surface area contributed by atoms with Crippen LogP contribution < -0.4 is 5.32 Å². The lowest BCUT2D eigenvalue weighted by Gasteiger charge is -2.06. The predicted molar refractivity (Wildman–Crippen MR) is 71.0 cm³/mol. The maximum Gasteiger partial charge on any atom is 0.132 e. The smallest absolute Gasteiger partial charge is 0.132 e. The van der Waals surface area contributed by atoms with E-state index in [2.05, 4.69) is 15.8 Å². The summed E-state index contributed by atoms with van der Waals surface area (Å²) in [4.78, 5) is 0. The second-order valence-electron chi connectivity index (χ2n) is 3.52. The molecule has 1 aromatic heterocycles. The Morgan fingerprint density at radius 2 is 2.11 bits per heavy atom. The molecule has 0 aliphatic rings. The van der Waals surface area contributed by atoms with Crippen LogP contribution in [0.3, 0.4) is 0 Å². The van der Waals surface area contributed by atoms with Gasteiger partial charge in [-0.05, 0) is 36.7 Å². The minimum atomic E-state index is 0.490. The molecule has 0 aliphatic heterocycles. The van der Waals surface area contributed by atoms with Crippen LogP contribution >= 0.6 is 23.1 Å². The summed E-state index contributed by atoms with van der Waals surface area (Å²) in [5, 5.41) is 22.0. The molecule has 0 fully saturated rings.